The lowest BCUT2D eigenvalue weighted by Crippen LogP contribution is -2.39. The normalized spacial score (nSPS) is 19.7. The highest BCUT2D eigenvalue weighted by Gasteiger charge is 2.25. The van der Waals surface area contributed by atoms with Gasteiger partial charge in [-0.1, -0.05) is 18.6 Å². The fourth-order valence-corrected chi connectivity index (χ4v) is 5.06. The molecule has 2 heterocycles. The van der Waals surface area contributed by atoms with E-state index in [0.29, 0.717) is 24.5 Å². The van der Waals surface area contributed by atoms with Gasteiger partial charge < -0.3 is 10.2 Å². The molecule has 0 unspecified atom stereocenters. The molecule has 0 aliphatic carbocycles. The third kappa shape index (κ3) is 4.57. The van der Waals surface area contributed by atoms with Crippen molar-refractivity contribution < 1.29 is 8.42 Å². The van der Waals surface area contributed by atoms with Gasteiger partial charge in [-0.2, -0.15) is 4.31 Å². The van der Waals surface area contributed by atoms with Gasteiger partial charge >= 0.3 is 0 Å². The number of benzene rings is 1. The molecule has 0 spiro atoms. The summed E-state index contributed by atoms with van der Waals surface area (Å²) in [6.07, 6.45) is 5.46. The Balaban J connectivity index is 1.67. The quantitative estimate of drug-likeness (QED) is 0.631. The Hall–Kier alpha value is -1.60. The minimum absolute atomic E-state index is 0.388. The van der Waals surface area contributed by atoms with Crippen LogP contribution in [0.5, 0.6) is 0 Å². The van der Waals surface area contributed by atoms with Gasteiger partial charge in [0.15, 0.2) is 5.96 Å². The zero-order chi connectivity index (χ0) is 18.4. The zero-order valence-electron chi connectivity index (χ0n) is 15.7. The summed E-state index contributed by atoms with van der Waals surface area (Å²) in [6.45, 7) is 6.86. The minimum atomic E-state index is -3.35. The van der Waals surface area contributed by atoms with Gasteiger partial charge in [-0.15, -0.1) is 0 Å². The van der Waals surface area contributed by atoms with Crippen molar-refractivity contribution in [2.75, 3.05) is 32.7 Å². The number of rotatable bonds is 5. The molecule has 6 nitrogen and oxygen atoms in total. The van der Waals surface area contributed by atoms with E-state index in [1.165, 1.54) is 12.8 Å². The molecule has 0 atom stereocenters. The molecular formula is C19H30N4O2S. The minimum Gasteiger partial charge on any atom is -0.357 e. The number of aliphatic imine (C=N–C) groups is 1. The largest absolute Gasteiger partial charge is 0.357 e. The lowest BCUT2D eigenvalue weighted by molar-refractivity contribution is 0.346. The summed E-state index contributed by atoms with van der Waals surface area (Å²) < 4.78 is 27.0. The van der Waals surface area contributed by atoms with E-state index >= 15 is 0 Å². The second-order valence-corrected chi connectivity index (χ2v) is 8.91. The summed E-state index contributed by atoms with van der Waals surface area (Å²) in [7, 11) is -3.35. The van der Waals surface area contributed by atoms with Gasteiger partial charge in [0.25, 0.3) is 0 Å². The van der Waals surface area contributed by atoms with E-state index in [1.54, 1.807) is 16.4 Å². The third-order valence-corrected chi connectivity index (χ3v) is 6.94. The van der Waals surface area contributed by atoms with Crippen molar-refractivity contribution in [1.82, 2.24) is 14.5 Å². The summed E-state index contributed by atoms with van der Waals surface area (Å²) in [5, 5.41) is 3.35. The van der Waals surface area contributed by atoms with Gasteiger partial charge in [-0.25, -0.2) is 13.4 Å². The lowest BCUT2D eigenvalue weighted by atomic mass is 10.2. The summed E-state index contributed by atoms with van der Waals surface area (Å²) >= 11 is 0. The molecule has 0 saturated carbocycles. The Bertz CT molecular complexity index is 704. The fourth-order valence-electron chi connectivity index (χ4n) is 3.54. The molecule has 2 aliphatic rings. The Morgan fingerprint density at radius 3 is 2.23 bits per heavy atom. The average Bonchev–Trinajstić information content (AvgIpc) is 3.21. The maximum absolute atomic E-state index is 12.7. The maximum atomic E-state index is 12.7. The summed E-state index contributed by atoms with van der Waals surface area (Å²) in [6, 6.07) is 7.21. The van der Waals surface area contributed by atoms with E-state index in [-0.39, 0.29) is 0 Å². The molecule has 2 saturated heterocycles. The molecule has 0 bridgehead atoms. The predicted octanol–water partition coefficient (Wildman–Crippen LogP) is 2.42. The smallest absolute Gasteiger partial charge is 0.243 e. The molecule has 0 amide bonds. The number of sulfonamides is 1. The number of hydrogen-bond donors (Lipinski definition) is 1. The van der Waals surface area contributed by atoms with Gasteiger partial charge in [0, 0.05) is 32.7 Å². The van der Waals surface area contributed by atoms with E-state index < -0.39 is 10.0 Å². The van der Waals surface area contributed by atoms with Crippen molar-refractivity contribution in [3.63, 3.8) is 0 Å². The Labute approximate surface area is 157 Å². The second kappa shape index (κ2) is 8.86. The molecule has 1 aromatic rings. The Morgan fingerprint density at radius 1 is 1.00 bits per heavy atom. The zero-order valence-corrected chi connectivity index (χ0v) is 16.5. The van der Waals surface area contributed by atoms with Crippen LogP contribution in [0.4, 0.5) is 0 Å². The number of hydrogen-bond acceptors (Lipinski definition) is 3. The predicted molar refractivity (Wildman–Crippen MR) is 105 cm³/mol. The van der Waals surface area contributed by atoms with Crippen molar-refractivity contribution in [3.8, 4) is 0 Å². The first-order chi connectivity index (χ1) is 12.6. The molecule has 2 fully saturated rings. The molecule has 3 rings (SSSR count). The van der Waals surface area contributed by atoms with E-state index in [2.05, 4.69) is 17.1 Å². The Morgan fingerprint density at radius 2 is 1.62 bits per heavy atom. The van der Waals surface area contributed by atoms with E-state index in [4.69, 9.17) is 4.99 Å². The van der Waals surface area contributed by atoms with Crippen LogP contribution in [-0.2, 0) is 16.6 Å². The second-order valence-electron chi connectivity index (χ2n) is 6.97. The summed E-state index contributed by atoms with van der Waals surface area (Å²) in [5.41, 5.74) is 1.03. The molecule has 26 heavy (non-hydrogen) atoms. The number of nitrogens with one attached hydrogen (secondary N) is 1. The van der Waals surface area contributed by atoms with Crippen LogP contribution in [0.25, 0.3) is 0 Å². The highest BCUT2D eigenvalue weighted by Crippen LogP contribution is 2.21. The van der Waals surface area contributed by atoms with Crippen LogP contribution >= 0.6 is 0 Å². The van der Waals surface area contributed by atoms with Gasteiger partial charge in [0.1, 0.15) is 0 Å². The fraction of sp³-hybridized carbons (Fsp3) is 0.632. The molecule has 2 aliphatic heterocycles. The monoisotopic (exact) mass is 378 g/mol. The number of guanidine groups is 1. The highest BCUT2D eigenvalue weighted by atomic mass is 32.2. The molecule has 144 valence electrons. The van der Waals surface area contributed by atoms with Crippen molar-refractivity contribution in [2.24, 2.45) is 4.99 Å². The van der Waals surface area contributed by atoms with Crippen molar-refractivity contribution in [3.05, 3.63) is 29.8 Å². The van der Waals surface area contributed by atoms with Gasteiger partial charge in [-0.05, 0) is 50.3 Å². The summed E-state index contributed by atoms with van der Waals surface area (Å²) in [4.78, 5) is 7.40. The van der Waals surface area contributed by atoms with Crippen LogP contribution in [0, 0.1) is 0 Å². The van der Waals surface area contributed by atoms with E-state index in [0.717, 1.165) is 50.4 Å². The first kappa shape index (κ1) is 19.2. The maximum Gasteiger partial charge on any atom is 0.243 e. The molecule has 7 heteroatoms. The lowest BCUT2D eigenvalue weighted by Gasteiger charge is -2.25. The summed E-state index contributed by atoms with van der Waals surface area (Å²) in [5.74, 6) is 0.954. The highest BCUT2D eigenvalue weighted by molar-refractivity contribution is 7.89. The van der Waals surface area contributed by atoms with Gasteiger partial charge in [0.05, 0.1) is 11.4 Å². The van der Waals surface area contributed by atoms with Crippen LogP contribution in [0.3, 0.4) is 0 Å². The van der Waals surface area contributed by atoms with Crippen LogP contribution in [0.2, 0.25) is 0 Å². The molecule has 0 radical (unpaired) electrons. The van der Waals surface area contributed by atoms with Crippen molar-refractivity contribution in [2.45, 2.75) is 50.5 Å². The standard InChI is InChI=1S/C19H30N4O2S/c1-2-20-19(22-12-6-7-13-22)21-16-17-8-10-18(11-9-17)26(24,25)23-14-4-3-5-15-23/h8-11H,2-7,12-16H2,1H3,(H,20,21). The average molecular weight is 379 g/mol. The topological polar surface area (TPSA) is 65.0 Å². The van der Waals surface area contributed by atoms with Gasteiger partial charge in [0.2, 0.25) is 10.0 Å². The Kier molecular flexibility index (Phi) is 6.53. The van der Waals surface area contributed by atoms with E-state index in [9.17, 15) is 8.42 Å². The molecular weight excluding hydrogens is 348 g/mol. The number of piperidine rings is 1. The first-order valence-corrected chi connectivity index (χ1v) is 11.2. The van der Waals surface area contributed by atoms with Crippen LogP contribution in [0.1, 0.15) is 44.6 Å². The molecule has 1 N–H and O–H groups in total. The van der Waals surface area contributed by atoms with Gasteiger partial charge in [-0.3, -0.25) is 0 Å². The SMILES string of the molecule is CCNC(=NCc1ccc(S(=O)(=O)N2CCCCC2)cc1)N1CCCC1. The van der Waals surface area contributed by atoms with Crippen LogP contribution < -0.4 is 5.32 Å². The molecule has 1 aromatic carbocycles. The van der Waals surface area contributed by atoms with Crippen molar-refractivity contribution >= 4 is 16.0 Å². The molecule has 0 aromatic heterocycles. The van der Waals surface area contributed by atoms with Crippen LogP contribution in [-0.4, -0.2) is 56.3 Å². The van der Waals surface area contributed by atoms with Crippen molar-refractivity contribution in [1.29, 1.82) is 0 Å². The van der Waals surface area contributed by atoms with E-state index in [1.807, 2.05) is 12.1 Å². The third-order valence-electron chi connectivity index (χ3n) is 5.03. The van der Waals surface area contributed by atoms with Crippen LogP contribution in [0.15, 0.2) is 34.2 Å². The first-order valence-electron chi connectivity index (χ1n) is 9.73. The number of likely N-dealkylation sites (tertiary alicyclic amines) is 1. The number of nitrogens with zero attached hydrogens (tertiary/aromatic N) is 3.